The topological polar surface area (TPSA) is 20.5 Å². The van der Waals surface area contributed by atoms with Crippen molar-refractivity contribution >= 4 is 32.2 Å². The van der Waals surface area contributed by atoms with E-state index >= 15 is 0 Å². The van der Waals surface area contributed by atoms with E-state index < -0.39 is 0 Å². The molecule has 5 heteroatoms. The van der Waals surface area contributed by atoms with Crippen molar-refractivity contribution in [1.29, 1.82) is 0 Å². The third kappa shape index (κ3) is 2.31. The summed E-state index contributed by atoms with van der Waals surface area (Å²) in [5, 5.41) is 3.01. The standard InChI is InChI=1S/C11H16BrN3S/c1-11(2,8-12)14(3)6-9-7-15-4-5-16-10(15)13-9/h4-5,7H,6,8H2,1-3H3. The first-order valence-electron chi connectivity index (χ1n) is 5.21. The van der Waals surface area contributed by atoms with Gasteiger partial charge in [0.25, 0.3) is 0 Å². The van der Waals surface area contributed by atoms with Crippen LogP contribution in [0.25, 0.3) is 4.96 Å². The molecule has 2 aromatic heterocycles. The monoisotopic (exact) mass is 301 g/mol. The van der Waals surface area contributed by atoms with E-state index in [2.05, 4.69) is 62.7 Å². The molecule has 0 unspecified atom stereocenters. The lowest BCUT2D eigenvalue weighted by molar-refractivity contribution is 0.171. The average molecular weight is 302 g/mol. The van der Waals surface area contributed by atoms with Gasteiger partial charge in [-0.2, -0.15) is 0 Å². The molecule has 0 saturated carbocycles. The van der Waals surface area contributed by atoms with Crippen LogP contribution in [-0.2, 0) is 6.54 Å². The lowest BCUT2D eigenvalue weighted by Crippen LogP contribution is -2.42. The van der Waals surface area contributed by atoms with E-state index in [1.807, 2.05) is 6.20 Å². The molecule has 0 aliphatic rings. The minimum Gasteiger partial charge on any atom is -0.297 e. The van der Waals surface area contributed by atoms with Crippen molar-refractivity contribution in [3.63, 3.8) is 0 Å². The summed E-state index contributed by atoms with van der Waals surface area (Å²) in [6, 6.07) is 0. The Morgan fingerprint density at radius 1 is 1.56 bits per heavy atom. The van der Waals surface area contributed by atoms with E-state index in [0.29, 0.717) is 0 Å². The molecule has 3 nitrogen and oxygen atoms in total. The van der Waals surface area contributed by atoms with E-state index in [1.165, 1.54) is 0 Å². The number of thiazole rings is 1. The van der Waals surface area contributed by atoms with E-state index in [1.54, 1.807) is 11.3 Å². The third-order valence-corrected chi connectivity index (χ3v) is 5.05. The lowest BCUT2D eigenvalue weighted by Gasteiger charge is -2.33. The second kappa shape index (κ2) is 4.47. The second-order valence-electron chi connectivity index (χ2n) is 4.63. The molecule has 0 spiro atoms. The normalized spacial score (nSPS) is 12.8. The molecule has 0 amide bonds. The smallest absolute Gasteiger partial charge is 0.193 e. The van der Waals surface area contributed by atoms with Gasteiger partial charge in [0.1, 0.15) is 0 Å². The summed E-state index contributed by atoms with van der Waals surface area (Å²) in [6.45, 7) is 5.33. The number of nitrogens with zero attached hydrogens (tertiary/aromatic N) is 3. The molecule has 0 bridgehead atoms. The third-order valence-electron chi connectivity index (χ3n) is 2.90. The number of hydrogen-bond acceptors (Lipinski definition) is 3. The molecule has 0 atom stereocenters. The van der Waals surface area contributed by atoms with E-state index in [9.17, 15) is 0 Å². The molecule has 2 rings (SSSR count). The van der Waals surface area contributed by atoms with Gasteiger partial charge < -0.3 is 0 Å². The van der Waals surface area contributed by atoms with Crippen LogP contribution in [0.1, 0.15) is 19.5 Å². The molecular weight excluding hydrogens is 286 g/mol. The molecule has 0 N–H and O–H groups in total. The predicted molar refractivity (Wildman–Crippen MR) is 72.4 cm³/mol. The van der Waals surface area contributed by atoms with Gasteiger partial charge in [0.05, 0.1) is 5.69 Å². The molecule has 0 aliphatic heterocycles. The lowest BCUT2D eigenvalue weighted by atomic mass is 10.1. The van der Waals surface area contributed by atoms with Crippen molar-refractivity contribution in [2.24, 2.45) is 0 Å². The van der Waals surface area contributed by atoms with Gasteiger partial charge in [-0.3, -0.25) is 9.30 Å². The Balaban J connectivity index is 2.13. The number of imidazole rings is 1. The van der Waals surface area contributed by atoms with Gasteiger partial charge >= 0.3 is 0 Å². The molecule has 0 aromatic carbocycles. The van der Waals surface area contributed by atoms with E-state index in [0.717, 1.165) is 22.5 Å². The van der Waals surface area contributed by atoms with Crippen LogP contribution in [0, 0.1) is 0 Å². The number of fused-ring (bicyclic) bond motifs is 1. The van der Waals surface area contributed by atoms with E-state index in [4.69, 9.17) is 0 Å². The Bertz CT molecular complexity index is 446. The maximum Gasteiger partial charge on any atom is 0.193 e. The summed E-state index contributed by atoms with van der Waals surface area (Å²) < 4.78 is 2.08. The van der Waals surface area contributed by atoms with Crippen LogP contribution >= 0.6 is 27.3 Å². The summed E-state index contributed by atoms with van der Waals surface area (Å²) in [7, 11) is 2.13. The number of rotatable bonds is 4. The molecule has 0 saturated heterocycles. The van der Waals surface area contributed by atoms with Crippen molar-refractivity contribution in [1.82, 2.24) is 14.3 Å². The van der Waals surface area contributed by atoms with Gasteiger partial charge in [-0.1, -0.05) is 15.9 Å². The summed E-state index contributed by atoms with van der Waals surface area (Å²) in [4.78, 5) is 7.97. The molecule has 0 aliphatic carbocycles. The second-order valence-corrected chi connectivity index (χ2v) is 6.06. The van der Waals surface area contributed by atoms with Gasteiger partial charge in [0.2, 0.25) is 0 Å². The Hall–Kier alpha value is -0.390. The summed E-state index contributed by atoms with van der Waals surface area (Å²) in [5.74, 6) is 0. The largest absolute Gasteiger partial charge is 0.297 e. The van der Waals surface area contributed by atoms with Gasteiger partial charge in [-0.05, 0) is 20.9 Å². The first-order valence-corrected chi connectivity index (χ1v) is 7.21. The highest BCUT2D eigenvalue weighted by Crippen LogP contribution is 2.19. The zero-order valence-electron chi connectivity index (χ0n) is 9.77. The van der Waals surface area contributed by atoms with Crippen LogP contribution < -0.4 is 0 Å². The highest BCUT2D eigenvalue weighted by molar-refractivity contribution is 9.09. The highest BCUT2D eigenvalue weighted by Gasteiger charge is 2.22. The minimum atomic E-state index is 0.150. The zero-order valence-corrected chi connectivity index (χ0v) is 12.2. The average Bonchev–Trinajstić information content (AvgIpc) is 2.77. The summed E-state index contributed by atoms with van der Waals surface area (Å²) in [5.41, 5.74) is 1.28. The predicted octanol–water partition coefficient (Wildman–Crippen LogP) is 3.00. The van der Waals surface area contributed by atoms with Crippen molar-refractivity contribution in [3.05, 3.63) is 23.5 Å². The Labute approximate surface area is 108 Å². The number of aromatic nitrogens is 2. The Kier molecular flexibility index (Phi) is 3.37. The van der Waals surface area contributed by atoms with Gasteiger partial charge in [-0.15, -0.1) is 11.3 Å². The first-order chi connectivity index (χ1) is 7.53. The molecule has 2 heterocycles. The van der Waals surface area contributed by atoms with Crippen molar-refractivity contribution in [2.45, 2.75) is 25.9 Å². The fraction of sp³-hybridized carbons (Fsp3) is 0.545. The molecular formula is C11H16BrN3S. The van der Waals surface area contributed by atoms with Gasteiger partial charge in [0.15, 0.2) is 4.96 Å². The first kappa shape index (κ1) is 12.1. The van der Waals surface area contributed by atoms with E-state index in [-0.39, 0.29) is 5.54 Å². The number of hydrogen-bond donors (Lipinski definition) is 0. The molecule has 0 radical (unpaired) electrons. The number of alkyl halides is 1. The molecule has 88 valence electrons. The minimum absolute atomic E-state index is 0.150. The maximum atomic E-state index is 4.59. The summed E-state index contributed by atoms with van der Waals surface area (Å²) >= 11 is 5.22. The van der Waals surface area contributed by atoms with Crippen LogP contribution in [0.2, 0.25) is 0 Å². The number of halogens is 1. The highest BCUT2D eigenvalue weighted by atomic mass is 79.9. The molecule has 2 aromatic rings. The Morgan fingerprint density at radius 3 is 2.94 bits per heavy atom. The summed E-state index contributed by atoms with van der Waals surface area (Å²) in [6.07, 6.45) is 4.15. The van der Waals surface area contributed by atoms with Crippen LogP contribution in [0.15, 0.2) is 17.8 Å². The van der Waals surface area contributed by atoms with Crippen LogP contribution in [0.4, 0.5) is 0 Å². The van der Waals surface area contributed by atoms with Crippen molar-refractivity contribution in [3.8, 4) is 0 Å². The fourth-order valence-corrected chi connectivity index (χ4v) is 2.56. The SMILES string of the molecule is CN(Cc1cn2ccsc2n1)C(C)(C)CBr. The van der Waals surface area contributed by atoms with Crippen LogP contribution in [0.5, 0.6) is 0 Å². The van der Waals surface area contributed by atoms with Gasteiger partial charge in [-0.25, -0.2) is 4.98 Å². The van der Waals surface area contributed by atoms with Crippen LogP contribution in [0.3, 0.4) is 0 Å². The molecule has 16 heavy (non-hydrogen) atoms. The van der Waals surface area contributed by atoms with Gasteiger partial charge in [0, 0.05) is 35.2 Å². The van der Waals surface area contributed by atoms with Crippen molar-refractivity contribution < 1.29 is 0 Å². The fourth-order valence-electron chi connectivity index (χ4n) is 1.41. The zero-order chi connectivity index (χ0) is 11.8. The molecule has 0 fully saturated rings. The van der Waals surface area contributed by atoms with Crippen LogP contribution in [-0.4, -0.2) is 32.2 Å². The maximum absolute atomic E-state index is 4.59. The quantitative estimate of drug-likeness (QED) is 0.809. The Morgan fingerprint density at radius 2 is 2.31 bits per heavy atom. The van der Waals surface area contributed by atoms with Crippen molar-refractivity contribution in [2.75, 3.05) is 12.4 Å².